The Balaban J connectivity index is 2.01. The quantitative estimate of drug-likeness (QED) is 0.820. The first-order valence-corrected chi connectivity index (χ1v) is 5.73. The van der Waals surface area contributed by atoms with E-state index in [4.69, 9.17) is 9.84 Å². The van der Waals surface area contributed by atoms with Crippen molar-refractivity contribution in [1.29, 1.82) is 0 Å². The molecule has 1 aromatic carbocycles. The van der Waals surface area contributed by atoms with Crippen molar-refractivity contribution in [3.05, 3.63) is 53.9 Å². The highest BCUT2D eigenvalue weighted by Crippen LogP contribution is 2.14. The minimum atomic E-state index is -0.182. The van der Waals surface area contributed by atoms with Gasteiger partial charge in [0, 0.05) is 11.8 Å². The van der Waals surface area contributed by atoms with E-state index in [9.17, 15) is 5.11 Å². The minimum absolute atomic E-state index is 0.182. The number of phenolic OH excluding ortho intramolecular Hbond substituents is 1. The standard InChI is InChI=1S/C15H13NO3/c17-7-1-2-13-8-15(10-16-9-13)19-11-12-3-5-14(18)6-4-12/h3-6,8-10,17-18H,7,11H2. The van der Waals surface area contributed by atoms with E-state index in [1.54, 1.807) is 42.7 Å². The Kier molecular flexibility index (Phi) is 4.38. The largest absolute Gasteiger partial charge is 0.508 e. The van der Waals surface area contributed by atoms with Crippen molar-refractivity contribution in [2.24, 2.45) is 0 Å². The number of aliphatic hydroxyl groups is 1. The number of hydrogen-bond donors (Lipinski definition) is 2. The lowest BCUT2D eigenvalue weighted by atomic mass is 10.2. The van der Waals surface area contributed by atoms with Crippen LogP contribution >= 0.6 is 0 Å². The summed E-state index contributed by atoms with van der Waals surface area (Å²) in [5.41, 5.74) is 1.64. The van der Waals surface area contributed by atoms with E-state index >= 15 is 0 Å². The Labute approximate surface area is 111 Å². The first-order valence-electron chi connectivity index (χ1n) is 5.73. The molecule has 1 aromatic heterocycles. The predicted molar refractivity (Wildman–Crippen MR) is 70.6 cm³/mol. The van der Waals surface area contributed by atoms with Crippen LogP contribution in [-0.2, 0) is 6.61 Å². The Bertz CT molecular complexity index is 597. The number of hydrogen-bond acceptors (Lipinski definition) is 4. The Hall–Kier alpha value is -2.51. The van der Waals surface area contributed by atoms with Crippen LogP contribution in [0.4, 0.5) is 0 Å². The van der Waals surface area contributed by atoms with Crippen LogP contribution in [0.5, 0.6) is 11.5 Å². The fraction of sp³-hybridized carbons (Fsp3) is 0.133. The van der Waals surface area contributed by atoms with E-state index in [-0.39, 0.29) is 12.4 Å². The average Bonchev–Trinajstić information content (AvgIpc) is 2.45. The van der Waals surface area contributed by atoms with Crippen LogP contribution in [0.1, 0.15) is 11.1 Å². The van der Waals surface area contributed by atoms with Crippen molar-refractivity contribution >= 4 is 0 Å². The number of rotatable bonds is 3. The van der Waals surface area contributed by atoms with Crippen LogP contribution in [0.3, 0.4) is 0 Å². The van der Waals surface area contributed by atoms with Crippen LogP contribution < -0.4 is 4.74 Å². The van der Waals surface area contributed by atoms with Crippen molar-refractivity contribution in [2.75, 3.05) is 6.61 Å². The molecule has 0 unspecified atom stereocenters. The summed E-state index contributed by atoms with van der Waals surface area (Å²) in [5, 5.41) is 17.8. The highest BCUT2D eigenvalue weighted by atomic mass is 16.5. The third-order valence-electron chi connectivity index (χ3n) is 2.37. The maximum Gasteiger partial charge on any atom is 0.139 e. The lowest BCUT2D eigenvalue weighted by Gasteiger charge is -2.06. The highest BCUT2D eigenvalue weighted by molar-refractivity contribution is 5.37. The van der Waals surface area contributed by atoms with Crippen molar-refractivity contribution in [3.8, 4) is 23.3 Å². The first kappa shape index (κ1) is 12.9. The summed E-state index contributed by atoms with van der Waals surface area (Å²) in [4.78, 5) is 4.01. The van der Waals surface area contributed by atoms with E-state index in [2.05, 4.69) is 16.8 Å². The number of aliphatic hydroxyl groups excluding tert-OH is 1. The topological polar surface area (TPSA) is 62.6 Å². The molecule has 0 fully saturated rings. The number of aromatic hydroxyl groups is 1. The summed E-state index contributed by atoms with van der Waals surface area (Å²) >= 11 is 0. The zero-order chi connectivity index (χ0) is 13.5. The van der Waals surface area contributed by atoms with Gasteiger partial charge in [-0.2, -0.15) is 0 Å². The second-order valence-corrected chi connectivity index (χ2v) is 3.82. The summed E-state index contributed by atoms with van der Waals surface area (Å²) in [7, 11) is 0. The molecule has 0 aliphatic rings. The molecule has 0 amide bonds. The number of nitrogens with zero attached hydrogens (tertiary/aromatic N) is 1. The van der Waals surface area contributed by atoms with Gasteiger partial charge in [0.15, 0.2) is 0 Å². The number of aromatic nitrogens is 1. The summed E-state index contributed by atoms with van der Waals surface area (Å²) in [5.74, 6) is 6.16. The van der Waals surface area contributed by atoms with E-state index in [0.29, 0.717) is 17.9 Å². The molecule has 0 bridgehead atoms. The predicted octanol–water partition coefficient (Wildman–Crippen LogP) is 1.71. The number of benzene rings is 1. The third kappa shape index (κ3) is 4.02. The van der Waals surface area contributed by atoms with Crippen LogP contribution in [0.2, 0.25) is 0 Å². The molecule has 4 heteroatoms. The number of ether oxygens (including phenoxy) is 1. The normalized spacial score (nSPS) is 9.53. The van der Waals surface area contributed by atoms with Crippen molar-refractivity contribution in [2.45, 2.75) is 6.61 Å². The molecule has 1 heterocycles. The zero-order valence-corrected chi connectivity index (χ0v) is 10.2. The fourth-order valence-corrected chi connectivity index (χ4v) is 1.47. The van der Waals surface area contributed by atoms with Gasteiger partial charge in [-0.25, -0.2) is 0 Å². The first-order chi connectivity index (χ1) is 9.28. The summed E-state index contributed by atoms with van der Waals surface area (Å²) < 4.78 is 5.58. The Morgan fingerprint density at radius 3 is 2.68 bits per heavy atom. The lowest BCUT2D eigenvalue weighted by molar-refractivity contribution is 0.304. The highest BCUT2D eigenvalue weighted by Gasteiger charge is 1.98. The average molecular weight is 255 g/mol. The number of pyridine rings is 1. The van der Waals surface area contributed by atoms with Gasteiger partial charge in [-0.15, -0.1) is 0 Å². The minimum Gasteiger partial charge on any atom is -0.508 e. The molecular formula is C15H13NO3. The van der Waals surface area contributed by atoms with Gasteiger partial charge in [-0.1, -0.05) is 24.0 Å². The second-order valence-electron chi connectivity index (χ2n) is 3.82. The SMILES string of the molecule is OCC#Cc1cncc(OCc2ccc(O)cc2)c1. The van der Waals surface area contributed by atoms with Gasteiger partial charge in [-0.3, -0.25) is 4.98 Å². The monoisotopic (exact) mass is 255 g/mol. The van der Waals surface area contributed by atoms with Crippen molar-refractivity contribution in [3.63, 3.8) is 0 Å². The summed E-state index contributed by atoms with van der Waals surface area (Å²) in [6, 6.07) is 8.56. The molecule has 4 nitrogen and oxygen atoms in total. The Morgan fingerprint density at radius 2 is 1.95 bits per heavy atom. The van der Waals surface area contributed by atoms with E-state index in [1.807, 2.05) is 0 Å². The Morgan fingerprint density at radius 1 is 1.16 bits per heavy atom. The molecule has 0 aliphatic heterocycles. The molecular weight excluding hydrogens is 242 g/mol. The summed E-state index contributed by atoms with van der Waals surface area (Å²) in [6.45, 7) is 0.206. The van der Waals surface area contributed by atoms with Crippen molar-refractivity contribution in [1.82, 2.24) is 4.98 Å². The molecule has 0 radical (unpaired) electrons. The zero-order valence-electron chi connectivity index (χ0n) is 10.2. The fourth-order valence-electron chi connectivity index (χ4n) is 1.47. The molecule has 96 valence electrons. The lowest BCUT2D eigenvalue weighted by Crippen LogP contribution is -1.96. The molecule has 2 N–H and O–H groups in total. The molecule has 0 spiro atoms. The van der Waals surface area contributed by atoms with Crippen LogP contribution in [-0.4, -0.2) is 21.8 Å². The van der Waals surface area contributed by atoms with Crippen LogP contribution in [0.15, 0.2) is 42.7 Å². The van der Waals surface area contributed by atoms with Gasteiger partial charge in [-0.05, 0) is 23.8 Å². The molecule has 19 heavy (non-hydrogen) atoms. The van der Waals surface area contributed by atoms with Gasteiger partial charge in [0.05, 0.1) is 6.20 Å². The molecule has 2 aromatic rings. The third-order valence-corrected chi connectivity index (χ3v) is 2.37. The maximum absolute atomic E-state index is 9.17. The van der Waals surface area contributed by atoms with Gasteiger partial charge >= 0.3 is 0 Å². The number of phenols is 1. The maximum atomic E-state index is 9.17. The molecule has 0 saturated carbocycles. The van der Waals surface area contributed by atoms with Crippen molar-refractivity contribution < 1.29 is 14.9 Å². The van der Waals surface area contributed by atoms with E-state index in [1.165, 1.54) is 0 Å². The van der Waals surface area contributed by atoms with Gasteiger partial charge in [0.2, 0.25) is 0 Å². The second kappa shape index (κ2) is 6.43. The summed E-state index contributed by atoms with van der Waals surface area (Å²) in [6.07, 6.45) is 3.21. The molecule has 0 aliphatic carbocycles. The van der Waals surface area contributed by atoms with Crippen LogP contribution in [0, 0.1) is 11.8 Å². The van der Waals surface area contributed by atoms with Gasteiger partial charge < -0.3 is 14.9 Å². The van der Waals surface area contributed by atoms with Gasteiger partial charge in [0.25, 0.3) is 0 Å². The van der Waals surface area contributed by atoms with E-state index in [0.717, 1.165) is 5.56 Å². The smallest absolute Gasteiger partial charge is 0.139 e. The van der Waals surface area contributed by atoms with Gasteiger partial charge in [0.1, 0.15) is 24.7 Å². The van der Waals surface area contributed by atoms with E-state index < -0.39 is 0 Å². The molecule has 2 rings (SSSR count). The van der Waals surface area contributed by atoms with Crippen LogP contribution in [0.25, 0.3) is 0 Å². The molecule has 0 atom stereocenters. The molecule has 0 saturated heterocycles.